The first-order valence-electron chi connectivity index (χ1n) is 6.37. The maximum atomic E-state index is 9.04. The molecule has 0 saturated carbocycles. The monoisotopic (exact) mass is 239 g/mol. The number of rotatable bonds is 6. The van der Waals surface area contributed by atoms with Crippen LogP contribution >= 0.6 is 0 Å². The van der Waals surface area contributed by atoms with Crippen molar-refractivity contribution in [2.75, 3.05) is 11.9 Å². The van der Waals surface area contributed by atoms with Crippen molar-refractivity contribution in [2.45, 2.75) is 53.6 Å². The summed E-state index contributed by atoms with van der Waals surface area (Å²) in [5, 5.41) is 17.0. The molecule has 0 bridgehead atoms. The third kappa shape index (κ3) is 3.73. The van der Waals surface area contributed by atoms with Crippen molar-refractivity contribution in [3.63, 3.8) is 0 Å². The molecule has 1 unspecified atom stereocenters. The Bertz CT molecular complexity index is 358. The number of hydrogen-bond acceptors (Lipinski definition) is 3. The zero-order chi connectivity index (χ0) is 13.0. The Kier molecular flexibility index (Phi) is 5.00. The van der Waals surface area contributed by atoms with Crippen molar-refractivity contribution in [1.29, 1.82) is 0 Å². The fourth-order valence-electron chi connectivity index (χ4n) is 2.11. The van der Waals surface area contributed by atoms with Crippen molar-refractivity contribution in [1.82, 2.24) is 9.78 Å². The number of nitrogens with zero attached hydrogens (tertiary/aromatic N) is 2. The van der Waals surface area contributed by atoms with Gasteiger partial charge in [0.2, 0.25) is 0 Å². The predicted octanol–water partition coefficient (Wildman–Crippen LogP) is 2.34. The van der Waals surface area contributed by atoms with Gasteiger partial charge >= 0.3 is 0 Å². The van der Waals surface area contributed by atoms with E-state index >= 15 is 0 Å². The lowest BCUT2D eigenvalue weighted by Gasteiger charge is -2.18. The normalized spacial score (nSPS) is 13.1. The van der Waals surface area contributed by atoms with E-state index in [9.17, 15) is 0 Å². The molecule has 0 fully saturated rings. The minimum Gasteiger partial charge on any atom is -0.394 e. The van der Waals surface area contributed by atoms with E-state index in [1.165, 1.54) is 5.56 Å². The molecule has 17 heavy (non-hydrogen) atoms. The van der Waals surface area contributed by atoms with Crippen LogP contribution in [-0.4, -0.2) is 27.5 Å². The zero-order valence-electron chi connectivity index (χ0n) is 11.6. The molecular formula is C13H25N3O. The fourth-order valence-corrected chi connectivity index (χ4v) is 2.11. The summed E-state index contributed by atoms with van der Waals surface area (Å²) < 4.78 is 1.86. The SMILES string of the molecule is Cc1nn(CCO)c(NC(C)CC(C)C)c1C. The molecular weight excluding hydrogens is 214 g/mol. The minimum absolute atomic E-state index is 0.119. The molecule has 2 N–H and O–H groups in total. The van der Waals surface area contributed by atoms with E-state index in [2.05, 4.69) is 38.1 Å². The minimum atomic E-state index is 0.119. The molecule has 0 aliphatic rings. The molecule has 1 rings (SSSR count). The number of aryl methyl sites for hydroxylation is 1. The van der Waals surface area contributed by atoms with Crippen molar-refractivity contribution < 1.29 is 5.11 Å². The second-order valence-corrected chi connectivity index (χ2v) is 5.18. The molecule has 0 aromatic carbocycles. The van der Waals surface area contributed by atoms with Crippen LogP contribution in [0.5, 0.6) is 0 Å². The van der Waals surface area contributed by atoms with Gasteiger partial charge in [-0.2, -0.15) is 5.10 Å². The summed E-state index contributed by atoms with van der Waals surface area (Å²) >= 11 is 0. The maximum Gasteiger partial charge on any atom is 0.127 e. The van der Waals surface area contributed by atoms with E-state index in [-0.39, 0.29) is 6.61 Å². The van der Waals surface area contributed by atoms with Gasteiger partial charge in [0.15, 0.2) is 0 Å². The smallest absolute Gasteiger partial charge is 0.127 e. The van der Waals surface area contributed by atoms with Crippen LogP contribution in [0.15, 0.2) is 0 Å². The van der Waals surface area contributed by atoms with Crippen LogP contribution in [0.1, 0.15) is 38.4 Å². The number of anilines is 1. The van der Waals surface area contributed by atoms with Crippen LogP contribution in [-0.2, 0) is 6.54 Å². The van der Waals surface area contributed by atoms with Gasteiger partial charge in [0.05, 0.1) is 18.8 Å². The third-order valence-electron chi connectivity index (χ3n) is 2.95. The van der Waals surface area contributed by atoms with Gasteiger partial charge in [-0.15, -0.1) is 0 Å². The van der Waals surface area contributed by atoms with Crippen molar-refractivity contribution >= 4 is 5.82 Å². The zero-order valence-corrected chi connectivity index (χ0v) is 11.6. The summed E-state index contributed by atoms with van der Waals surface area (Å²) in [6.45, 7) is 11.4. The molecule has 0 aliphatic heterocycles. The first kappa shape index (κ1) is 14.0. The van der Waals surface area contributed by atoms with E-state index in [1.807, 2.05) is 11.6 Å². The Balaban J connectivity index is 2.81. The summed E-state index contributed by atoms with van der Waals surface area (Å²) in [5.74, 6) is 1.72. The summed E-state index contributed by atoms with van der Waals surface area (Å²) in [4.78, 5) is 0. The van der Waals surface area contributed by atoms with Gasteiger partial charge in [-0.1, -0.05) is 13.8 Å². The molecule has 1 atom stereocenters. The molecule has 1 aromatic heterocycles. The maximum absolute atomic E-state index is 9.04. The quantitative estimate of drug-likeness (QED) is 0.801. The fraction of sp³-hybridized carbons (Fsp3) is 0.769. The van der Waals surface area contributed by atoms with E-state index in [1.54, 1.807) is 0 Å². The molecule has 0 radical (unpaired) electrons. The van der Waals surface area contributed by atoms with Crippen LogP contribution in [0.25, 0.3) is 0 Å². The Hall–Kier alpha value is -1.03. The van der Waals surface area contributed by atoms with Crippen molar-refractivity contribution in [2.24, 2.45) is 5.92 Å². The number of hydrogen-bond donors (Lipinski definition) is 2. The van der Waals surface area contributed by atoms with E-state index in [0.29, 0.717) is 18.5 Å². The van der Waals surface area contributed by atoms with Gasteiger partial charge in [0, 0.05) is 11.6 Å². The van der Waals surface area contributed by atoms with Crippen LogP contribution < -0.4 is 5.32 Å². The second kappa shape index (κ2) is 6.05. The lowest BCUT2D eigenvalue weighted by molar-refractivity contribution is 0.270. The molecule has 1 aromatic rings. The molecule has 0 aliphatic carbocycles. The van der Waals surface area contributed by atoms with Gasteiger partial charge in [-0.25, -0.2) is 4.68 Å². The van der Waals surface area contributed by atoms with Crippen LogP contribution in [0.4, 0.5) is 5.82 Å². The Morgan fingerprint density at radius 3 is 2.47 bits per heavy atom. The largest absolute Gasteiger partial charge is 0.394 e. The van der Waals surface area contributed by atoms with Crippen molar-refractivity contribution in [3.8, 4) is 0 Å². The highest BCUT2D eigenvalue weighted by Crippen LogP contribution is 2.20. The Morgan fingerprint density at radius 1 is 1.29 bits per heavy atom. The van der Waals surface area contributed by atoms with Gasteiger partial charge in [-0.05, 0) is 33.1 Å². The van der Waals surface area contributed by atoms with Crippen LogP contribution in [0.2, 0.25) is 0 Å². The third-order valence-corrected chi connectivity index (χ3v) is 2.95. The highest BCUT2D eigenvalue weighted by Gasteiger charge is 2.14. The number of aliphatic hydroxyl groups is 1. The van der Waals surface area contributed by atoms with Crippen LogP contribution in [0, 0.1) is 19.8 Å². The van der Waals surface area contributed by atoms with E-state index in [4.69, 9.17) is 5.11 Å². The first-order chi connectivity index (χ1) is 7.95. The van der Waals surface area contributed by atoms with Gasteiger partial charge in [-0.3, -0.25) is 0 Å². The lowest BCUT2D eigenvalue weighted by Crippen LogP contribution is -2.21. The average Bonchev–Trinajstić information content (AvgIpc) is 2.45. The lowest BCUT2D eigenvalue weighted by atomic mass is 10.1. The number of aliphatic hydroxyl groups excluding tert-OH is 1. The highest BCUT2D eigenvalue weighted by atomic mass is 16.3. The molecule has 0 saturated heterocycles. The molecule has 4 heteroatoms. The molecule has 0 amide bonds. The van der Waals surface area contributed by atoms with Gasteiger partial charge in [0.25, 0.3) is 0 Å². The summed E-state index contributed by atoms with van der Waals surface area (Å²) in [7, 11) is 0. The van der Waals surface area contributed by atoms with E-state index in [0.717, 1.165) is 17.9 Å². The topological polar surface area (TPSA) is 50.1 Å². The molecule has 0 spiro atoms. The Labute approximate surface area is 104 Å². The first-order valence-corrected chi connectivity index (χ1v) is 6.37. The predicted molar refractivity (Wildman–Crippen MR) is 71.3 cm³/mol. The second-order valence-electron chi connectivity index (χ2n) is 5.18. The summed E-state index contributed by atoms with van der Waals surface area (Å²) in [6.07, 6.45) is 1.13. The number of nitrogens with one attached hydrogen (secondary N) is 1. The number of aromatic nitrogens is 2. The highest BCUT2D eigenvalue weighted by molar-refractivity contribution is 5.47. The van der Waals surface area contributed by atoms with Crippen molar-refractivity contribution in [3.05, 3.63) is 11.3 Å². The molecule has 1 heterocycles. The van der Waals surface area contributed by atoms with E-state index < -0.39 is 0 Å². The van der Waals surface area contributed by atoms with Crippen LogP contribution in [0.3, 0.4) is 0 Å². The Morgan fingerprint density at radius 2 is 1.94 bits per heavy atom. The molecule has 4 nitrogen and oxygen atoms in total. The summed E-state index contributed by atoms with van der Waals surface area (Å²) in [6, 6.07) is 0.419. The van der Waals surface area contributed by atoms with Gasteiger partial charge in [0.1, 0.15) is 5.82 Å². The van der Waals surface area contributed by atoms with Gasteiger partial charge < -0.3 is 10.4 Å². The average molecular weight is 239 g/mol. The summed E-state index contributed by atoms with van der Waals surface area (Å²) in [5.41, 5.74) is 2.20. The standard InChI is InChI=1S/C13H25N3O/c1-9(2)8-10(3)14-13-11(4)12(5)15-16(13)6-7-17/h9-10,14,17H,6-8H2,1-5H3. The molecule has 98 valence electrons.